The summed E-state index contributed by atoms with van der Waals surface area (Å²) in [5.74, 6) is 0.119. The number of pyridine rings is 1. The maximum Gasteiger partial charge on any atom is 0.359 e. The molecule has 2 aliphatic rings. The standard InChI is InChI=1S/C24H29N3O5/c1-27(15-18-31-19-7-3-2-4-8-19)23(12-16-30-17-13-23)22(29)26-24(10-11-24)32-21(28)20-9-5-6-14-25-20/h2-9,14H,10-13,15-18H2,1H3,(H,26,29). The lowest BCUT2D eigenvalue weighted by Crippen LogP contribution is -2.63. The fourth-order valence-electron chi connectivity index (χ4n) is 3.92. The Morgan fingerprint density at radius 2 is 1.78 bits per heavy atom. The van der Waals surface area contributed by atoms with Crippen LogP contribution in [0.3, 0.4) is 0 Å². The highest BCUT2D eigenvalue weighted by Gasteiger charge is 2.53. The third-order valence-electron chi connectivity index (χ3n) is 6.12. The van der Waals surface area contributed by atoms with Gasteiger partial charge in [0.2, 0.25) is 5.91 Å². The van der Waals surface area contributed by atoms with Crippen LogP contribution in [0.15, 0.2) is 54.7 Å². The van der Waals surface area contributed by atoms with E-state index in [9.17, 15) is 9.59 Å². The summed E-state index contributed by atoms with van der Waals surface area (Å²) in [4.78, 5) is 32.0. The van der Waals surface area contributed by atoms with Crippen molar-refractivity contribution in [3.63, 3.8) is 0 Å². The number of hydrogen-bond donors (Lipinski definition) is 1. The number of nitrogens with one attached hydrogen (secondary N) is 1. The second-order valence-corrected chi connectivity index (χ2v) is 8.28. The lowest BCUT2D eigenvalue weighted by atomic mass is 9.87. The highest BCUT2D eigenvalue weighted by Crippen LogP contribution is 2.39. The third-order valence-corrected chi connectivity index (χ3v) is 6.12. The van der Waals surface area contributed by atoms with E-state index in [1.54, 1.807) is 18.2 Å². The van der Waals surface area contributed by atoms with Gasteiger partial charge in [0, 0.05) is 38.8 Å². The van der Waals surface area contributed by atoms with Crippen LogP contribution >= 0.6 is 0 Å². The number of esters is 1. The highest BCUT2D eigenvalue weighted by molar-refractivity contribution is 5.90. The molecule has 170 valence electrons. The van der Waals surface area contributed by atoms with E-state index in [-0.39, 0.29) is 11.6 Å². The van der Waals surface area contributed by atoms with E-state index >= 15 is 0 Å². The van der Waals surface area contributed by atoms with Gasteiger partial charge in [0.1, 0.15) is 23.6 Å². The molecule has 2 fully saturated rings. The lowest BCUT2D eigenvalue weighted by Gasteiger charge is -2.43. The minimum atomic E-state index is -0.960. The first-order valence-electron chi connectivity index (χ1n) is 11.0. The van der Waals surface area contributed by atoms with E-state index in [0.29, 0.717) is 52.0 Å². The molecular weight excluding hydrogens is 410 g/mol. The van der Waals surface area contributed by atoms with Crippen molar-refractivity contribution in [1.29, 1.82) is 0 Å². The Morgan fingerprint density at radius 3 is 2.44 bits per heavy atom. The van der Waals surface area contributed by atoms with Gasteiger partial charge < -0.3 is 19.5 Å². The van der Waals surface area contributed by atoms with Crippen molar-refractivity contribution in [2.45, 2.75) is 36.9 Å². The number of benzene rings is 1. The van der Waals surface area contributed by atoms with Crippen LogP contribution in [0.25, 0.3) is 0 Å². The molecule has 0 atom stereocenters. The van der Waals surface area contributed by atoms with Crippen molar-refractivity contribution in [2.75, 3.05) is 33.4 Å². The van der Waals surface area contributed by atoms with Crippen LogP contribution in [0.4, 0.5) is 0 Å². The molecule has 8 nitrogen and oxygen atoms in total. The number of nitrogens with zero attached hydrogens (tertiary/aromatic N) is 2. The molecule has 1 saturated carbocycles. The molecule has 0 radical (unpaired) electrons. The zero-order valence-corrected chi connectivity index (χ0v) is 18.3. The monoisotopic (exact) mass is 439 g/mol. The van der Waals surface area contributed by atoms with Gasteiger partial charge in [-0.1, -0.05) is 24.3 Å². The SMILES string of the molecule is CN(CCOc1ccccc1)C1(C(=O)NC2(OC(=O)c3ccccn3)CC2)CCOCC1. The van der Waals surface area contributed by atoms with E-state index in [0.717, 1.165) is 5.75 Å². The highest BCUT2D eigenvalue weighted by atomic mass is 16.6. The van der Waals surface area contributed by atoms with Crippen molar-refractivity contribution < 1.29 is 23.8 Å². The van der Waals surface area contributed by atoms with E-state index < -0.39 is 17.2 Å². The Labute approximate surface area is 187 Å². The van der Waals surface area contributed by atoms with E-state index in [1.807, 2.05) is 42.3 Å². The van der Waals surface area contributed by atoms with Crippen LogP contribution in [0, 0.1) is 0 Å². The summed E-state index contributed by atoms with van der Waals surface area (Å²) in [5.41, 5.74) is -1.48. The summed E-state index contributed by atoms with van der Waals surface area (Å²) >= 11 is 0. The first-order chi connectivity index (χ1) is 15.5. The molecule has 4 rings (SSSR count). The van der Waals surface area contributed by atoms with Gasteiger partial charge in [0.25, 0.3) is 0 Å². The normalized spacial score (nSPS) is 18.6. The molecule has 32 heavy (non-hydrogen) atoms. The Bertz CT molecular complexity index is 912. The number of hydrogen-bond acceptors (Lipinski definition) is 7. The summed E-state index contributed by atoms with van der Waals surface area (Å²) < 4.78 is 17.0. The maximum atomic E-state index is 13.5. The van der Waals surface area contributed by atoms with E-state index in [2.05, 4.69) is 10.3 Å². The fraction of sp³-hybridized carbons (Fsp3) is 0.458. The van der Waals surface area contributed by atoms with Crippen LogP contribution in [0.1, 0.15) is 36.2 Å². The van der Waals surface area contributed by atoms with Gasteiger partial charge >= 0.3 is 5.97 Å². The van der Waals surface area contributed by atoms with Crippen molar-refractivity contribution in [1.82, 2.24) is 15.2 Å². The number of rotatable bonds is 9. The van der Waals surface area contributed by atoms with Crippen LogP contribution < -0.4 is 10.1 Å². The van der Waals surface area contributed by atoms with Crippen molar-refractivity contribution in [3.05, 3.63) is 60.4 Å². The Hall–Kier alpha value is -2.97. The Balaban J connectivity index is 1.39. The summed E-state index contributed by atoms with van der Waals surface area (Å²) in [6.45, 7) is 2.02. The molecule has 1 aromatic carbocycles. The molecule has 0 unspecified atom stereocenters. The van der Waals surface area contributed by atoms with Crippen LogP contribution in [-0.4, -0.2) is 66.4 Å². The second kappa shape index (κ2) is 9.67. The van der Waals surface area contributed by atoms with Gasteiger partial charge in [0.15, 0.2) is 5.72 Å². The molecule has 1 N–H and O–H groups in total. The van der Waals surface area contributed by atoms with Crippen molar-refractivity contribution in [2.24, 2.45) is 0 Å². The lowest BCUT2D eigenvalue weighted by molar-refractivity contribution is -0.143. The van der Waals surface area contributed by atoms with Gasteiger partial charge in [0.05, 0.1) is 0 Å². The molecule has 1 amide bonds. The molecule has 1 aliphatic carbocycles. The predicted octanol–water partition coefficient (Wildman–Crippen LogP) is 2.40. The number of para-hydroxylation sites is 1. The second-order valence-electron chi connectivity index (χ2n) is 8.28. The van der Waals surface area contributed by atoms with Crippen LogP contribution in [-0.2, 0) is 14.3 Å². The fourth-order valence-corrected chi connectivity index (χ4v) is 3.92. The molecule has 0 bridgehead atoms. The topological polar surface area (TPSA) is 90.0 Å². The molecule has 1 aromatic heterocycles. The first kappa shape index (κ1) is 22.2. The van der Waals surface area contributed by atoms with Crippen LogP contribution in [0.2, 0.25) is 0 Å². The van der Waals surface area contributed by atoms with Crippen molar-refractivity contribution >= 4 is 11.9 Å². The predicted molar refractivity (Wildman–Crippen MR) is 117 cm³/mol. The van der Waals surface area contributed by atoms with Crippen LogP contribution in [0.5, 0.6) is 5.75 Å². The molecule has 2 heterocycles. The van der Waals surface area contributed by atoms with E-state index in [4.69, 9.17) is 14.2 Å². The largest absolute Gasteiger partial charge is 0.492 e. The Kier molecular flexibility index (Phi) is 6.72. The van der Waals surface area contributed by atoms with Gasteiger partial charge in [-0.15, -0.1) is 0 Å². The average Bonchev–Trinajstić information content (AvgIpc) is 3.59. The molecule has 1 aliphatic heterocycles. The number of ether oxygens (including phenoxy) is 3. The first-order valence-corrected chi connectivity index (χ1v) is 11.0. The quantitative estimate of drug-likeness (QED) is 0.474. The van der Waals surface area contributed by atoms with Gasteiger partial charge in [-0.25, -0.2) is 9.78 Å². The smallest absolute Gasteiger partial charge is 0.359 e. The molecule has 2 aromatic rings. The number of aromatic nitrogens is 1. The van der Waals surface area contributed by atoms with Gasteiger partial charge in [-0.05, 0) is 44.2 Å². The van der Waals surface area contributed by atoms with Gasteiger partial charge in [-0.2, -0.15) is 0 Å². The van der Waals surface area contributed by atoms with E-state index in [1.165, 1.54) is 6.20 Å². The summed E-state index contributed by atoms with van der Waals surface area (Å²) in [6, 6.07) is 14.7. The number of carbonyl (C=O) groups excluding carboxylic acids is 2. The number of carbonyl (C=O) groups is 2. The molecule has 8 heteroatoms. The van der Waals surface area contributed by atoms with Crippen molar-refractivity contribution in [3.8, 4) is 5.75 Å². The molecule has 0 spiro atoms. The average molecular weight is 440 g/mol. The third kappa shape index (κ3) is 5.08. The Morgan fingerprint density at radius 1 is 1.06 bits per heavy atom. The maximum absolute atomic E-state index is 13.5. The molecule has 1 saturated heterocycles. The zero-order chi connectivity index (χ0) is 22.4. The number of amides is 1. The summed E-state index contributed by atoms with van der Waals surface area (Å²) in [7, 11) is 1.93. The van der Waals surface area contributed by atoms with Gasteiger partial charge in [-0.3, -0.25) is 9.69 Å². The zero-order valence-electron chi connectivity index (χ0n) is 18.3. The number of likely N-dealkylation sites (N-methyl/N-ethyl adjacent to an activating group) is 1. The summed E-state index contributed by atoms with van der Waals surface area (Å²) in [5, 5.41) is 3.02. The molecular formula is C24H29N3O5. The minimum Gasteiger partial charge on any atom is -0.492 e. The summed E-state index contributed by atoms with van der Waals surface area (Å²) in [6.07, 6.45) is 3.84. The minimum absolute atomic E-state index is 0.144.